The minimum Gasteiger partial charge on any atom is -0.481 e. The average molecular weight is 272 g/mol. The van der Waals surface area contributed by atoms with E-state index >= 15 is 0 Å². The molecule has 0 aliphatic heterocycles. The molecule has 0 amide bonds. The molecule has 1 saturated carbocycles. The standard InChI is InChI=1S/C15H28O4/c1-2-3-4-5-12(16)8-6-11-7-9-14(17)13(11)10-15(18)19/h11-14,16-17H,2-10H2,1H3,(H,18,19). The predicted octanol–water partition coefficient (Wildman–Crippen LogP) is 2.57. The van der Waals surface area contributed by atoms with E-state index in [4.69, 9.17) is 5.11 Å². The maximum Gasteiger partial charge on any atom is 0.303 e. The lowest BCUT2D eigenvalue weighted by Crippen LogP contribution is -2.23. The smallest absolute Gasteiger partial charge is 0.303 e. The summed E-state index contributed by atoms with van der Waals surface area (Å²) in [7, 11) is 0. The molecule has 3 N–H and O–H groups in total. The molecule has 0 bridgehead atoms. The number of rotatable bonds is 9. The Morgan fingerprint density at radius 1 is 1.26 bits per heavy atom. The van der Waals surface area contributed by atoms with Crippen molar-refractivity contribution in [2.24, 2.45) is 11.8 Å². The quantitative estimate of drug-likeness (QED) is 0.564. The Kier molecular flexibility index (Phi) is 7.39. The highest BCUT2D eigenvalue weighted by atomic mass is 16.4. The van der Waals surface area contributed by atoms with E-state index < -0.39 is 12.1 Å². The first-order valence-electron chi connectivity index (χ1n) is 7.62. The van der Waals surface area contributed by atoms with Gasteiger partial charge in [0.05, 0.1) is 18.6 Å². The van der Waals surface area contributed by atoms with Gasteiger partial charge < -0.3 is 15.3 Å². The van der Waals surface area contributed by atoms with Gasteiger partial charge in [0, 0.05) is 0 Å². The molecule has 4 atom stereocenters. The van der Waals surface area contributed by atoms with Gasteiger partial charge in [-0.2, -0.15) is 0 Å². The Bertz CT molecular complexity index is 267. The Morgan fingerprint density at radius 2 is 2.00 bits per heavy atom. The number of aliphatic hydroxyl groups is 2. The number of hydrogen-bond donors (Lipinski definition) is 3. The predicted molar refractivity (Wildman–Crippen MR) is 73.9 cm³/mol. The molecule has 1 rings (SSSR count). The number of carboxylic acids is 1. The number of hydrogen-bond acceptors (Lipinski definition) is 3. The van der Waals surface area contributed by atoms with E-state index in [0.29, 0.717) is 6.42 Å². The Labute approximate surface area is 115 Å². The topological polar surface area (TPSA) is 77.8 Å². The molecular formula is C15H28O4. The maximum atomic E-state index is 10.8. The lowest BCUT2D eigenvalue weighted by molar-refractivity contribution is -0.139. The van der Waals surface area contributed by atoms with E-state index in [2.05, 4.69) is 6.92 Å². The molecule has 4 unspecified atom stereocenters. The monoisotopic (exact) mass is 272 g/mol. The van der Waals surface area contributed by atoms with Crippen LogP contribution in [0.25, 0.3) is 0 Å². The van der Waals surface area contributed by atoms with Crippen LogP contribution >= 0.6 is 0 Å². The van der Waals surface area contributed by atoms with E-state index in [9.17, 15) is 15.0 Å². The van der Waals surface area contributed by atoms with Crippen LogP contribution in [-0.4, -0.2) is 33.5 Å². The van der Waals surface area contributed by atoms with Gasteiger partial charge in [-0.3, -0.25) is 4.79 Å². The van der Waals surface area contributed by atoms with Gasteiger partial charge in [0.15, 0.2) is 0 Å². The van der Waals surface area contributed by atoms with Gasteiger partial charge in [-0.15, -0.1) is 0 Å². The maximum absolute atomic E-state index is 10.8. The summed E-state index contributed by atoms with van der Waals surface area (Å²) in [6.07, 6.45) is 6.68. The van der Waals surface area contributed by atoms with Crippen molar-refractivity contribution >= 4 is 5.97 Å². The van der Waals surface area contributed by atoms with Crippen molar-refractivity contribution < 1.29 is 20.1 Å². The molecule has 19 heavy (non-hydrogen) atoms. The minimum atomic E-state index is -0.834. The summed E-state index contributed by atoms with van der Waals surface area (Å²) in [6, 6.07) is 0. The number of aliphatic carboxylic acids is 1. The highest BCUT2D eigenvalue weighted by Crippen LogP contribution is 2.37. The first-order valence-corrected chi connectivity index (χ1v) is 7.62. The molecule has 1 fully saturated rings. The number of carboxylic acid groups (broad SMARTS) is 1. The first-order chi connectivity index (χ1) is 9.04. The Balaban J connectivity index is 2.28. The van der Waals surface area contributed by atoms with Crippen LogP contribution in [0.15, 0.2) is 0 Å². The first kappa shape index (κ1) is 16.4. The molecule has 4 nitrogen and oxygen atoms in total. The fourth-order valence-electron chi connectivity index (χ4n) is 3.17. The summed E-state index contributed by atoms with van der Waals surface area (Å²) in [6.45, 7) is 2.14. The highest BCUT2D eigenvalue weighted by molar-refractivity contribution is 5.67. The van der Waals surface area contributed by atoms with Crippen molar-refractivity contribution in [2.75, 3.05) is 0 Å². The normalized spacial score (nSPS) is 28.5. The molecule has 0 saturated heterocycles. The zero-order valence-electron chi connectivity index (χ0n) is 11.9. The average Bonchev–Trinajstić information content (AvgIpc) is 2.68. The van der Waals surface area contributed by atoms with Crippen molar-refractivity contribution in [1.29, 1.82) is 0 Å². The van der Waals surface area contributed by atoms with Crippen LogP contribution in [0.3, 0.4) is 0 Å². The lowest BCUT2D eigenvalue weighted by atomic mass is 9.87. The molecule has 112 valence electrons. The molecule has 0 spiro atoms. The molecule has 1 aliphatic rings. The van der Waals surface area contributed by atoms with Crippen LogP contribution in [0.2, 0.25) is 0 Å². The van der Waals surface area contributed by atoms with E-state index in [1.165, 1.54) is 0 Å². The van der Waals surface area contributed by atoms with Gasteiger partial charge in [0.1, 0.15) is 0 Å². The van der Waals surface area contributed by atoms with Crippen LogP contribution in [-0.2, 0) is 4.79 Å². The van der Waals surface area contributed by atoms with Crippen LogP contribution in [0.5, 0.6) is 0 Å². The summed E-state index contributed by atoms with van der Waals surface area (Å²) in [5.41, 5.74) is 0. The van der Waals surface area contributed by atoms with Crippen molar-refractivity contribution in [1.82, 2.24) is 0 Å². The molecule has 4 heteroatoms. The van der Waals surface area contributed by atoms with E-state index in [1.807, 2.05) is 0 Å². The molecule has 0 aromatic carbocycles. The molecule has 0 aromatic rings. The summed E-state index contributed by atoms with van der Waals surface area (Å²) in [5, 5.41) is 28.6. The van der Waals surface area contributed by atoms with Crippen molar-refractivity contribution in [3.63, 3.8) is 0 Å². The highest BCUT2D eigenvalue weighted by Gasteiger charge is 2.36. The van der Waals surface area contributed by atoms with E-state index in [1.54, 1.807) is 0 Å². The summed E-state index contributed by atoms with van der Waals surface area (Å²) >= 11 is 0. The fraction of sp³-hybridized carbons (Fsp3) is 0.933. The third kappa shape index (κ3) is 5.91. The van der Waals surface area contributed by atoms with Crippen molar-refractivity contribution in [2.45, 2.75) is 76.9 Å². The molecule has 1 aliphatic carbocycles. The second-order valence-electron chi connectivity index (χ2n) is 5.89. The number of carbonyl (C=O) groups is 1. The largest absolute Gasteiger partial charge is 0.481 e. The zero-order valence-corrected chi connectivity index (χ0v) is 11.9. The summed E-state index contributed by atoms with van der Waals surface area (Å²) in [4.78, 5) is 10.8. The van der Waals surface area contributed by atoms with Gasteiger partial charge in [0.2, 0.25) is 0 Å². The van der Waals surface area contributed by atoms with Crippen LogP contribution in [0.4, 0.5) is 0 Å². The van der Waals surface area contributed by atoms with Gasteiger partial charge >= 0.3 is 5.97 Å². The Morgan fingerprint density at radius 3 is 2.63 bits per heavy atom. The molecule has 0 heterocycles. The van der Waals surface area contributed by atoms with Crippen LogP contribution < -0.4 is 0 Å². The molecular weight excluding hydrogens is 244 g/mol. The van der Waals surface area contributed by atoms with Crippen LogP contribution in [0, 0.1) is 11.8 Å². The lowest BCUT2D eigenvalue weighted by Gasteiger charge is -2.21. The number of aliphatic hydroxyl groups excluding tert-OH is 2. The van der Waals surface area contributed by atoms with Gasteiger partial charge in [-0.1, -0.05) is 26.2 Å². The fourth-order valence-corrected chi connectivity index (χ4v) is 3.17. The Hall–Kier alpha value is -0.610. The summed E-state index contributed by atoms with van der Waals surface area (Å²) < 4.78 is 0. The SMILES string of the molecule is CCCCCC(O)CCC1CCC(O)C1CC(=O)O. The second kappa shape index (κ2) is 8.54. The van der Waals surface area contributed by atoms with E-state index in [-0.39, 0.29) is 24.4 Å². The third-order valence-electron chi connectivity index (χ3n) is 4.35. The van der Waals surface area contributed by atoms with Gasteiger partial charge in [-0.05, 0) is 43.9 Å². The third-order valence-corrected chi connectivity index (χ3v) is 4.35. The number of unbranched alkanes of at least 4 members (excludes halogenated alkanes) is 2. The summed E-state index contributed by atoms with van der Waals surface area (Å²) in [5.74, 6) is -0.702. The molecule has 0 radical (unpaired) electrons. The van der Waals surface area contributed by atoms with Gasteiger partial charge in [0.25, 0.3) is 0 Å². The van der Waals surface area contributed by atoms with Crippen molar-refractivity contribution in [3.8, 4) is 0 Å². The van der Waals surface area contributed by atoms with Gasteiger partial charge in [-0.25, -0.2) is 0 Å². The second-order valence-corrected chi connectivity index (χ2v) is 5.89. The molecule has 0 aromatic heterocycles. The van der Waals surface area contributed by atoms with Crippen molar-refractivity contribution in [3.05, 3.63) is 0 Å². The van der Waals surface area contributed by atoms with Crippen LogP contribution in [0.1, 0.15) is 64.7 Å². The zero-order chi connectivity index (χ0) is 14.3. The minimum absolute atomic E-state index is 0.0533. The van der Waals surface area contributed by atoms with E-state index in [0.717, 1.165) is 44.9 Å².